The van der Waals surface area contributed by atoms with E-state index in [2.05, 4.69) is 24.7 Å². The molecule has 0 amide bonds. The smallest absolute Gasteiger partial charge is 0.406 e. The third kappa shape index (κ3) is 3.96. The number of hydrogen-bond donors (Lipinski definition) is 0. The van der Waals surface area contributed by atoms with E-state index in [1.165, 1.54) is 35.2 Å². The highest BCUT2D eigenvalue weighted by Crippen LogP contribution is 2.27. The highest BCUT2D eigenvalue weighted by Gasteiger charge is 2.30. The van der Waals surface area contributed by atoms with Crippen LogP contribution in [0.4, 0.5) is 13.2 Å². The van der Waals surface area contributed by atoms with Gasteiger partial charge in [0.1, 0.15) is 17.1 Å². The summed E-state index contributed by atoms with van der Waals surface area (Å²) in [6.45, 7) is 1.88. The van der Waals surface area contributed by atoms with Crippen LogP contribution in [0.2, 0.25) is 0 Å². The molecule has 0 aliphatic rings. The fourth-order valence-corrected chi connectivity index (χ4v) is 2.85. The van der Waals surface area contributed by atoms with E-state index in [0.717, 1.165) is 0 Å². The molecule has 0 unspecified atom stereocenters. The first-order valence-corrected chi connectivity index (χ1v) is 8.43. The van der Waals surface area contributed by atoms with E-state index in [4.69, 9.17) is 0 Å². The Bertz CT molecular complexity index is 1230. The lowest BCUT2D eigenvalue weighted by atomic mass is 10.0. The van der Waals surface area contributed by atoms with E-state index in [9.17, 15) is 18.0 Å². The van der Waals surface area contributed by atoms with Crippen LogP contribution in [-0.4, -0.2) is 26.2 Å². The van der Waals surface area contributed by atoms with Gasteiger partial charge in [-0.15, -0.1) is 13.2 Å². The standard InChI is InChI=1S/C19H13F3N4O3/c1-11-17(25-29-24-11)9-26-10-23-16-7-4-13(8-15(16)18(26)27)12-2-5-14(6-3-12)28-19(20,21)22/h2-8,10H,9H2,1H3. The number of hydrogen-bond acceptors (Lipinski definition) is 6. The average Bonchev–Trinajstić information content (AvgIpc) is 3.08. The van der Waals surface area contributed by atoms with Gasteiger partial charge in [0.2, 0.25) is 0 Å². The van der Waals surface area contributed by atoms with Crippen molar-refractivity contribution >= 4 is 10.9 Å². The first kappa shape index (κ1) is 18.7. The van der Waals surface area contributed by atoms with Crippen LogP contribution in [0.25, 0.3) is 22.0 Å². The molecule has 0 radical (unpaired) electrons. The molecule has 10 heteroatoms. The van der Waals surface area contributed by atoms with Crippen molar-refractivity contribution in [3.8, 4) is 16.9 Å². The van der Waals surface area contributed by atoms with Crippen molar-refractivity contribution in [2.24, 2.45) is 0 Å². The van der Waals surface area contributed by atoms with Gasteiger partial charge in [-0.1, -0.05) is 28.5 Å². The first-order chi connectivity index (χ1) is 13.8. The Labute approximate surface area is 161 Å². The number of fused-ring (bicyclic) bond motifs is 1. The maximum Gasteiger partial charge on any atom is 0.573 e. The van der Waals surface area contributed by atoms with Gasteiger partial charge in [-0.2, -0.15) is 0 Å². The number of nitrogens with zero attached hydrogens (tertiary/aromatic N) is 4. The summed E-state index contributed by atoms with van der Waals surface area (Å²) < 4.78 is 46.8. The average molecular weight is 402 g/mol. The van der Waals surface area contributed by atoms with Crippen LogP contribution in [0, 0.1) is 6.92 Å². The number of aromatic nitrogens is 4. The molecule has 0 N–H and O–H groups in total. The molecular weight excluding hydrogens is 389 g/mol. The minimum Gasteiger partial charge on any atom is -0.406 e. The molecule has 2 heterocycles. The summed E-state index contributed by atoms with van der Waals surface area (Å²) in [5, 5.41) is 7.82. The molecule has 0 fully saturated rings. The highest BCUT2D eigenvalue weighted by atomic mass is 19.4. The zero-order valence-electron chi connectivity index (χ0n) is 15.0. The van der Waals surface area contributed by atoms with Crippen molar-refractivity contribution in [1.29, 1.82) is 0 Å². The highest BCUT2D eigenvalue weighted by molar-refractivity contribution is 5.83. The molecule has 0 saturated carbocycles. The zero-order chi connectivity index (χ0) is 20.6. The maximum atomic E-state index is 12.9. The van der Waals surface area contributed by atoms with Gasteiger partial charge in [0.25, 0.3) is 5.56 Å². The van der Waals surface area contributed by atoms with Crippen LogP contribution in [0.1, 0.15) is 11.4 Å². The van der Waals surface area contributed by atoms with Crippen molar-refractivity contribution in [2.45, 2.75) is 19.8 Å². The molecule has 0 atom stereocenters. The molecule has 4 rings (SSSR count). The quantitative estimate of drug-likeness (QED) is 0.518. The molecular formula is C19H13F3N4O3. The van der Waals surface area contributed by atoms with Gasteiger partial charge in [-0.3, -0.25) is 9.36 Å². The Balaban J connectivity index is 1.69. The van der Waals surface area contributed by atoms with Crippen LogP contribution in [0.15, 0.2) is 58.2 Å². The van der Waals surface area contributed by atoms with Crippen molar-refractivity contribution in [3.63, 3.8) is 0 Å². The van der Waals surface area contributed by atoms with Gasteiger partial charge >= 0.3 is 6.36 Å². The van der Waals surface area contributed by atoms with E-state index < -0.39 is 6.36 Å². The SMILES string of the molecule is Cc1nonc1Cn1cnc2ccc(-c3ccc(OC(F)(F)F)cc3)cc2c1=O. The summed E-state index contributed by atoms with van der Waals surface area (Å²) in [5.74, 6) is -0.317. The summed E-state index contributed by atoms with van der Waals surface area (Å²) in [7, 11) is 0. The van der Waals surface area contributed by atoms with Crippen molar-refractivity contribution in [2.75, 3.05) is 0 Å². The molecule has 29 heavy (non-hydrogen) atoms. The number of benzene rings is 2. The minimum absolute atomic E-state index is 0.158. The Kier molecular flexibility index (Phi) is 4.53. The summed E-state index contributed by atoms with van der Waals surface area (Å²) in [5.41, 5.74) is 2.61. The van der Waals surface area contributed by atoms with Gasteiger partial charge in [0.15, 0.2) is 0 Å². The zero-order valence-corrected chi connectivity index (χ0v) is 15.0. The van der Waals surface area contributed by atoms with E-state index in [-0.39, 0.29) is 17.9 Å². The van der Waals surface area contributed by atoms with E-state index >= 15 is 0 Å². The van der Waals surface area contributed by atoms with Gasteiger partial charge in [-0.25, -0.2) is 9.61 Å². The second-order valence-corrected chi connectivity index (χ2v) is 6.28. The molecule has 2 aromatic heterocycles. The molecule has 2 aromatic carbocycles. The van der Waals surface area contributed by atoms with Crippen LogP contribution >= 0.6 is 0 Å². The van der Waals surface area contributed by atoms with Gasteiger partial charge in [0, 0.05) is 0 Å². The maximum absolute atomic E-state index is 12.9. The monoisotopic (exact) mass is 402 g/mol. The fourth-order valence-electron chi connectivity index (χ4n) is 2.85. The van der Waals surface area contributed by atoms with E-state index in [1.54, 1.807) is 25.1 Å². The van der Waals surface area contributed by atoms with Gasteiger partial charge in [-0.05, 0) is 42.3 Å². The predicted molar refractivity (Wildman–Crippen MR) is 96.3 cm³/mol. The molecule has 4 aromatic rings. The third-order valence-electron chi connectivity index (χ3n) is 4.31. The third-order valence-corrected chi connectivity index (χ3v) is 4.31. The Morgan fingerprint density at radius 3 is 2.45 bits per heavy atom. The first-order valence-electron chi connectivity index (χ1n) is 8.43. The van der Waals surface area contributed by atoms with Crippen LogP contribution in [-0.2, 0) is 6.54 Å². The number of rotatable bonds is 4. The molecule has 0 aliphatic carbocycles. The van der Waals surface area contributed by atoms with Crippen molar-refractivity contribution in [1.82, 2.24) is 19.9 Å². The molecule has 0 saturated heterocycles. The molecule has 7 nitrogen and oxygen atoms in total. The normalized spacial score (nSPS) is 11.7. The topological polar surface area (TPSA) is 83.0 Å². The predicted octanol–water partition coefficient (Wildman–Crippen LogP) is 3.70. The number of alkyl halides is 3. The van der Waals surface area contributed by atoms with Gasteiger partial charge in [0.05, 0.1) is 23.8 Å². The van der Waals surface area contributed by atoms with Crippen molar-refractivity contribution in [3.05, 3.63) is 70.5 Å². The fraction of sp³-hybridized carbons (Fsp3) is 0.158. The number of ether oxygens (including phenoxy) is 1. The van der Waals surface area contributed by atoms with Gasteiger partial charge < -0.3 is 4.74 Å². The molecule has 0 bridgehead atoms. The number of halogens is 3. The Hall–Kier alpha value is -3.69. The van der Waals surface area contributed by atoms with Crippen molar-refractivity contribution < 1.29 is 22.5 Å². The van der Waals surface area contributed by atoms with E-state index in [1.807, 2.05) is 0 Å². The van der Waals surface area contributed by atoms with Crippen LogP contribution in [0.3, 0.4) is 0 Å². The summed E-state index contributed by atoms with van der Waals surface area (Å²) in [6.07, 6.45) is -3.33. The summed E-state index contributed by atoms with van der Waals surface area (Å²) in [4.78, 5) is 17.1. The molecule has 148 valence electrons. The summed E-state index contributed by atoms with van der Waals surface area (Å²) >= 11 is 0. The minimum atomic E-state index is -4.75. The largest absolute Gasteiger partial charge is 0.573 e. The van der Waals surface area contributed by atoms with E-state index in [0.29, 0.717) is 33.4 Å². The summed E-state index contributed by atoms with van der Waals surface area (Å²) in [6, 6.07) is 10.5. The lowest BCUT2D eigenvalue weighted by Gasteiger charge is -2.10. The lowest BCUT2D eigenvalue weighted by molar-refractivity contribution is -0.274. The number of aryl methyl sites for hydroxylation is 1. The molecule has 0 spiro atoms. The second-order valence-electron chi connectivity index (χ2n) is 6.28. The van der Waals surface area contributed by atoms with Crippen LogP contribution in [0.5, 0.6) is 5.75 Å². The molecule has 0 aliphatic heterocycles. The van der Waals surface area contributed by atoms with Crippen LogP contribution < -0.4 is 10.3 Å². The Morgan fingerprint density at radius 2 is 1.79 bits per heavy atom. The lowest BCUT2D eigenvalue weighted by Crippen LogP contribution is -2.21. The second kappa shape index (κ2) is 7.04. The Morgan fingerprint density at radius 1 is 1.07 bits per heavy atom.